The third-order valence-electron chi connectivity index (χ3n) is 1.69. The largest absolute Gasteiger partial charge is 0.478 e. The van der Waals surface area contributed by atoms with Gasteiger partial charge in [-0.1, -0.05) is 0 Å². The summed E-state index contributed by atoms with van der Waals surface area (Å²) in [5.41, 5.74) is -0.250. The van der Waals surface area contributed by atoms with E-state index in [1.807, 2.05) is 0 Å². The van der Waals surface area contributed by atoms with E-state index in [4.69, 9.17) is 5.11 Å². The summed E-state index contributed by atoms with van der Waals surface area (Å²) in [7, 11) is 0. The van der Waals surface area contributed by atoms with Gasteiger partial charge in [0, 0.05) is 5.56 Å². The summed E-state index contributed by atoms with van der Waals surface area (Å²) >= 11 is 1.01. The van der Waals surface area contributed by atoms with Gasteiger partial charge in [0.1, 0.15) is 0 Å². The Balaban J connectivity index is 3.42. The van der Waals surface area contributed by atoms with Crippen molar-refractivity contribution < 1.29 is 19.1 Å². The SMILES string of the molecule is CSc1c(C=O)ccc(C(=O)O)c1F. The first-order valence-corrected chi connectivity index (χ1v) is 4.89. The topological polar surface area (TPSA) is 54.4 Å². The molecular formula is C9H7FO3S. The van der Waals surface area contributed by atoms with Crippen molar-refractivity contribution in [3.8, 4) is 0 Å². The fourth-order valence-corrected chi connectivity index (χ4v) is 1.68. The molecular weight excluding hydrogens is 207 g/mol. The lowest BCUT2D eigenvalue weighted by Gasteiger charge is -2.05. The van der Waals surface area contributed by atoms with Gasteiger partial charge in [-0.3, -0.25) is 4.79 Å². The summed E-state index contributed by atoms with van der Waals surface area (Å²) < 4.78 is 13.4. The third-order valence-corrected chi connectivity index (χ3v) is 2.51. The quantitative estimate of drug-likeness (QED) is 0.618. The Labute approximate surface area is 83.9 Å². The number of rotatable bonds is 3. The normalized spacial score (nSPS) is 9.86. The Morgan fingerprint density at radius 3 is 2.64 bits per heavy atom. The third kappa shape index (κ3) is 1.77. The fraction of sp³-hybridized carbons (Fsp3) is 0.111. The van der Waals surface area contributed by atoms with Crippen LogP contribution in [0.3, 0.4) is 0 Å². The number of carbonyl (C=O) groups is 2. The highest BCUT2D eigenvalue weighted by Gasteiger charge is 2.16. The summed E-state index contributed by atoms with van der Waals surface area (Å²) in [5, 5.41) is 8.61. The van der Waals surface area contributed by atoms with Gasteiger partial charge in [0.25, 0.3) is 0 Å². The van der Waals surface area contributed by atoms with Crippen LogP contribution in [-0.2, 0) is 0 Å². The van der Waals surface area contributed by atoms with E-state index in [1.54, 1.807) is 6.26 Å². The van der Waals surface area contributed by atoms with Gasteiger partial charge in [-0.25, -0.2) is 9.18 Å². The molecule has 1 N–H and O–H groups in total. The van der Waals surface area contributed by atoms with E-state index >= 15 is 0 Å². The molecule has 1 rings (SSSR count). The number of carboxylic acids is 1. The standard InChI is InChI=1S/C9H7FO3S/c1-14-8-5(4-11)2-3-6(7(8)10)9(12)13/h2-4H,1H3,(H,12,13). The van der Waals surface area contributed by atoms with E-state index in [2.05, 4.69) is 0 Å². The molecule has 0 radical (unpaired) electrons. The Kier molecular flexibility index (Phi) is 3.24. The smallest absolute Gasteiger partial charge is 0.338 e. The number of aldehydes is 1. The van der Waals surface area contributed by atoms with Crippen molar-refractivity contribution in [1.82, 2.24) is 0 Å². The summed E-state index contributed by atoms with van der Waals surface area (Å²) in [6.45, 7) is 0. The van der Waals surface area contributed by atoms with Crippen LogP contribution in [0.15, 0.2) is 17.0 Å². The molecule has 0 saturated carbocycles. The molecule has 0 aliphatic heterocycles. The maximum Gasteiger partial charge on any atom is 0.338 e. The van der Waals surface area contributed by atoms with Crippen LogP contribution in [0.2, 0.25) is 0 Å². The van der Waals surface area contributed by atoms with Crippen LogP contribution in [0.5, 0.6) is 0 Å². The molecule has 1 aromatic rings. The van der Waals surface area contributed by atoms with Crippen LogP contribution in [0.25, 0.3) is 0 Å². The number of halogens is 1. The van der Waals surface area contributed by atoms with E-state index < -0.39 is 17.3 Å². The highest BCUT2D eigenvalue weighted by Crippen LogP contribution is 2.25. The number of carboxylic acid groups (broad SMARTS) is 1. The molecule has 0 heterocycles. The molecule has 0 amide bonds. The minimum Gasteiger partial charge on any atom is -0.478 e. The van der Waals surface area contributed by atoms with Crippen LogP contribution < -0.4 is 0 Å². The van der Waals surface area contributed by atoms with Crippen molar-refractivity contribution >= 4 is 24.0 Å². The van der Waals surface area contributed by atoms with Gasteiger partial charge in [-0.05, 0) is 18.4 Å². The van der Waals surface area contributed by atoms with Gasteiger partial charge in [0.2, 0.25) is 0 Å². The Bertz CT molecular complexity index is 390. The van der Waals surface area contributed by atoms with Gasteiger partial charge in [-0.15, -0.1) is 11.8 Å². The number of aromatic carboxylic acids is 1. The molecule has 3 nitrogen and oxygen atoms in total. The van der Waals surface area contributed by atoms with E-state index in [-0.39, 0.29) is 10.5 Å². The second-order valence-corrected chi connectivity index (χ2v) is 3.29. The van der Waals surface area contributed by atoms with E-state index in [0.717, 1.165) is 17.8 Å². The molecule has 0 unspecified atom stereocenters. The molecule has 0 aliphatic carbocycles. The molecule has 0 spiro atoms. The average Bonchev–Trinajstić information content (AvgIpc) is 2.16. The number of carbonyl (C=O) groups excluding carboxylic acids is 1. The lowest BCUT2D eigenvalue weighted by Crippen LogP contribution is -2.03. The molecule has 74 valence electrons. The maximum atomic E-state index is 13.4. The summed E-state index contributed by atoms with van der Waals surface area (Å²) in [6.07, 6.45) is 2.08. The lowest BCUT2D eigenvalue weighted by molar-refractivity contribution is 0.0690. The molecule has 14 heavy (non-hydrogen) atoms. The van der Waals surface area contributed by atoms with Crippen LogP contribution in [0, 0.1) is 5.82 Å². The van der Waals surface area contributed by atoms with Crippen LogP contribution in [-0.4, -0.2) is 23.6 Å². The fourth-order valence-electron chi connectivity index (χ4n) is 1.04. The predicted molar refractivity (Wildman–Crippen MR) is 50.5 cm³/mol. The average molecular weight is 214 g/mol. The van der Waals surface area contributed by atoms with Gasteiger partial charge >= 0.3 is 5.97 Å². The summed E-state index contributed by atoms with van der Waals surface area (Å²) in [4.78, 5) is 21.1. The van der Waals surface area contributed by atoms with Crippen molar-refractivity contribution in [2.75, 3.05) is 6.26 Å². The summed E-state index contributed by atoms with van der Waals surface area (Å²) in [6, 6.07) is 2.38. The predicted octanol–water partition coefficient (Wildman–Crippen LogP) is 2.06. The number of hydrogen-bond acceptors (Lipinski definition) is 3. The second-order valence-electron chi connectivity index (χ2n) is 2.47. The zero-order valence-electron chi connectivity index (χ0n) is 7.28. The van der Waals surface area contributed by atoms with Crippen molar-refractivity contribution in [1.29, 1.82) is 0 Å². The van der Waals surface area contributed by atoms with Gasteiger partial charge in [0.05, 0.1) is 10.5 Å². The monoisotopic (exact) mass is 214 g/mol. The molecule has 0 aliphatic rings. The second kappa shape index (κ2) is 4.23. The van der Waals surface area contributed by atoms with Gasteiger partial charge < -0.3 is 5.11 Å². The highest BCUT2D eigenvalue weighted by atomic mass is 32.2. The van der Waals surface area contributed by atoms with E-state index in [9.17, 15) is 14.0 Å². The molecule has 0 fully saturated rings. The maximum absolute atomic E-state index is 13.4. The van der Waals surface area contributed by atoms with Gasteiger partial charge in [-0.2, -0.15) is 0 Å². The zero-order valence-corrected chi connectivity index (χ0v) is 8.10. The van der Waals surface area contributed by atoms with Crippen molar-refractivity contribution in [2.45, 2.75) is 4.90 Å². The molecule has 0 atom stereocenters. The number of hydrogen-bond donors (Lipinski definition) is 1. The molecule has 1 aromatic carbocycles. The zero-order chi connectivity index (χ0) is 10.7. The van der Waals surface area contributed by atoms with Crippen molar-refractivity contribution in [3.05, 3.63) is 29.1 Å². The Hall–Kier alpha value is -1.36. The minimum absolute atomic E-state index is 0.0694. The van der Waals surface area contributed by atoms with Crippen LogP contribution in [0.4, 0.5) is 4.39 Å². The highest BCUT2D eigenvalue weighted by molar-refractivity contribution is 7.98. The Morgan fingerprint density at radius 1 is 1.57 bits per heavy atom. The van der Waals surface area contributed by atoms with E-state index in [1.165, 1.54) is 6.07 Å². The van der Waals surface area contributed by atoms with E-state index in [0.29, 0.717) is 6.29 Å². The first-order chi connectivity index (χ1) is 6.61. The van der Waals surface area contributed by atoms with Crippen LogP contribution >= 0.6 is 11.8 Å². The molecule has 0 bridgehead atoms. The number of benzene rings is 1. The number of thioether (sulfide) groups is 1. The Morgan fingerprint density at radius 2 is 2.21 bits per heavy atom. The molecule has 0 aromatic heterocycles. The lowest BCUT2D eigenvalue weighted by atomic mass is 10.1. The minimum atomic E-state index is -1.34. The van der Waals surface area contributed by atoms with Crippen molar-refractivity contribution in [3.63, 3.8) is 0 Å². The van der Waals surface area contributed by atoms with Crippen LogP contribution in [0.1, 0.15) is 20.7 Å². The first kappa shape index (κ1) is 10.7. The molecule has 5 heteroatoms. The van der Waals surface area contributed by atoms with Crippen molar-refractivity contribution in [2.24, 2.45) is 0 Å². The molecule has 0 saturated heterocycles. The summed E-state index contributed by atoms with van der Waals surface area (Å²) in [5.74, 6) is -2.19. The first-order valence-electron chi connectivity index (χ1n) is 3.66. The van der Waals surface area contributed by atoms with Gasteiger partial charge in [0.15, 0.2) is 12.1 Å².